The minimum absolute atomic E-state index is 0.251. The Labute approximate surface area is 141 Å². The van der Waals surface area contributed by atoms with E-state index in [1.807, 2.05) is 18.7 Å². The van der Waals surface area contributed by atoms with E-state index in [1.165, 1.54) is 0 Å². The fourth-order valence-corrected chi connectivity index (χ4v) is 2.30. The van der Waals surface area contributed by atoms with Crippen LogP contribution in [0.3, 0.4) is 0 Å². The van der Waals surface area contributed by atoms with E-state index in [0.29, 0.717) is 54.6 Å². The van der Waals surface area contributed by atoms with Crippen LogP contribution >= 0.6 is 12.1 Å². The van der Waals surface area contributed by atoms with Crippen LogP contribution in [-0.4, -0.2) is 49.5 Å². The molecule has 2 N–H and O–H groups in total. The second kappa shape index (κ2) is 11.1. The number of carbonyl (C=O) groups excluding carboxylic acids is 1. The summed E-state index contributed by atoms with van der Waals surface area (Å²) in [6.45, 7) is 6.71. The summed E-state index contributed by atoms with van der Waals surface area (Å²) in [5, 5.41) is 0. The first-order valence-electron chi connectivity index (χ1n) is 7.77. The largest absolute Gasteiger partial charge is 0.493 e. The van der Waals surface area contributed by atoms with Gasteiger partial charge in [-0.15, -0.1) is 0 Å². The number of nitrogens with zero attached hydrogens (tertiary/aromatic N) is 1. The number of anilines is 1. The Bertz CT molecular complexity index is 488. The molecule has 130 valence electrons. The topological polar surface area (TPSA) is 64.8 Å². The quantitative estimate of drug-likeness (QED) is 0.491. The summed E-state index contributed by atoms with van der Waals surface area (Å²) in [6.07, 6.45) is 0.835. The highest BCUT2D eigenvalue weighted by molar-refractivity contribution is 7.94. The van der Waals surface area contributed by atoms with Crippen LogP contribution in [0.2, 0.25) is 0 Å². The van der Waals surface area contributed by atoms with E-state index >= 15 is 0 Å². The van der Waals surface area contributed by atoms with Gasteiger partial charge >= 0.3 is 5.97 Å². The monoisotopic (exact) mass is 344 g/mol. The lowest BCUT2D eigenvalue weighted by molar-refractivity contribution is 0.0462. The normalized spacial score (nSPS) is 10.8. The van der Waals surface area contributed by atoms with Crippen LogP contribution < -0.4 is 10.5 Å². The molecule has 0 radical (unpaired) electrons. The second-order valence-corrected chi connectivity index (χ2v) is 5.61. The van der Waals surface area contributed by atoms with Gasteiger partial charge in [-0.05, 0) is 25.1 Å². The molecular weight excluding hydrogens is 319 g/mol. The average Bonchev–Trinajstić information content (AvgIpc) is 2.55. The van der Waals surface area contributed by atoms with E-state index in [0.717, 1.165) is 13.0 Å². The fourth-order valence-electron chi connectivity index (χ4n) is 1.98. The van der Waals surface area contributed by atoms with Crippen LogP contribution in [0.4, 0.5) is 9.57 Å². The molecule has 1 aromatic carbocycles. The minimum Gasteiger partial charge on any atom is -0.493 e. The van der Waals surface area contributed by atoms with Crippen molar-refractivity contribution in [3.05, 3.63) is 23.8 Å². The molecule has 0 amide bonds. The number of hydrogen-bond acceptors (Lipinski definition) is 6. The molecule has 0 heterocycles. The molecule has 1 rings (SSSR count). The van der Waals surface area contributed by atoms with Gasteiger partial charge in [0.25, 0.3) is 0 Å². The molecule has 0 aliphatic rings. The van der Waals surface area contributed by atoms with E-state index < -0.39 is 5.97 Å². The standard InChI is InChI=1S/C16H25FN2O3S/c1-3-9-21-15-12-13(18)5-6-14(15)16(20)22-10-7-19(4-2)8-11-23-17/h5-6,12H,3-4,7-11,18H2,1-2H3. The van der Waals surface area contributed by atoms with Crippen LogP contribution in [0.25, 0.3) is 0 Å². The Morgan fingerprint density at radius 2 is 2.09 bits per heavy atom. The van der Waals surface area contributed by atoms with Gasteiger partial charge in [-0.1, -0.05) is 13.8 Å². The van der Waals surface area contributed by atoms with Gasteiger partial charge in [0.05, 0.1) is 6.61 Å². The van der Waals surface area contributed by atoms with Gasteiger partial charge in [-0.3, -0.25) is 4.90 Å². The molecule has 0 unspecified atom stereocenters. The van der Waals surface area contributed by atoms with Crippen molar-refractivity contribution in [1.82, 2.24) is 4.90 Å². The number of hydrogen-bond donors (Lipinski definition) is 1. The maximum Gasteiger partial charge on any atom is 0.341 e. The Balaban J connectivity index is 2.56. The summed E-state index contributed by atoms with van der Waals surface area (Å²) in [4.78, 5) is 14.2. The molecular formula is C16H25FN2O3S. The van der Waals surface area contributed by atoms with Gasteiger partial charge in [0, 0.05) is 42.7 Å². The lowest BCUT2D eigenvalue weighted by Gasteiger charge is -2.19. The van der Waals surface area contributed by atoms with Gasteiger partial charge in [0.15, 0.2) is 0 Å². The predicted octanol–water partition coefficient (Wildman–Crippen LogP) is 3.15. The summed E-state index contributed by atoms with van der Waals surface area (Å²) in [7, 11) is 0. The number of carbonyl (C=O) groups is 1. The second-order valence-electron chi connectivity index (χ2n) is 4.99. The summed E-state index contributed by atoms with van der Waals surface area (Å²) in [5.74, 6) is 0.416. The van der Waals surface area contributed by atoms with Gasteiger partial charge < -0.3 is 15.2 Å². The van der Waals surface area contributed by atoms with E-state index in [2.05, 4.69) is 0 Å². The molecule has 0 spiro atoms. The first kappa shape index (κ1) is 19.6. The van der Waals surface area contributed by atoms with Gasteiger partial charge in [0.2, 0.25) is 0 Å². The SMILES string of the molecule is CCCOc1cc(N)ccc1C(=O)OCCN(CC)CCSF. The van der Waals surface area contributed by atoms with Gasteiger partial charge in [0.1, 0.15) is 17.9 Å². The van der Waals surface area contributed by atoms with Gasteiger partial charge in [-0.25, -0.2) is 4.79 Å². The van der Waals surface area contributed by atoms with E-state index in [9.17, 15) is 8.68 Å². The molecule has 1 aromatic rings. The molecule has 0 saturated carbocycles. The van der Waals surface area contributed by atoms with Crippen molar-refractivity contribution < 1.29 is 18.2 Å². The molecule has 0 saturated heterocycles. The van der Waals surface area contributed by atoms with Crippen molar-refractivity contribution in [3.8, 4) is 5.75 Å². The molecule has 7 heteroatoms. The Morgan fingerprint density at radius 1 is 1.30 bits per heavy atom. The number of ether oxygens (including phenoxy) is 2. The summed E-state index contributed by atoms with van der Waals surface area (Å²) in [5.41, 5.74) is 6.64. The van der Waals surface area contributed by atoms with E-state index in [4.69, 9.17) is 15.2 Å². The van der Waals surface area contributed by atoms with Crippen LogP contribution in [0.15, 0.2) is 18.2 Å². The van der Waals surface area contributed by atoms with Crippen LogP contribution in [-0.2, 0) is 4.74 Å². The van der Waals surface area contributed by atoms with Crippen molar-refractivity contribution >= 4 is 23.8 Å². The molecule has 5 nitrogen and oxygen atoms in total. The summed E-state index contributed by atoms with van der Waals surface area (Å²) >= 11 is 0.315. The number of rotatable bonds is 11. The van der Waals surface area contributed by atoms with E-state index in [1.54, 1.807) is 18.2 Å². The average molecular weight is 344 g/mol. The zero-order valence-electron chi connectivity index (χ0n) is 13.7. The molecule has 0 aliphatic heterocycles. The maximum absolute atomic E-state index is 12.2. The number of esters is 1. The molecule has 0 aromatic heterocycles. The molecule has 0 aliphatic carbocycles. The highest BCUT2D eigenvalue weighted by Crippen LogP contribution is 2.23. The zero-order valence-corrected chi connectivity index (χ0v) is 14.5. The Kier molecular flexibility index (Phi) is 9.47. The van der Waals surface area contributed by atoms with E-state index in [-0.39, 0.29) is 6.61 Å². The molecule has 0 atom stereocenters. The number of benzene rings is 1. The fraction of sp³-hybridized carbons (Fsp3) is 0.562. The zero-order chi connectivity index (χ0) is 17.1. The molecule has 23 heavy (non-hydrogen) atoms. The highest BCUT2D eigenvalue weighted by atomic mass is 32.2. The Morgan fingerprint density at radius 3 is 2.74 bits per heavy atom. The van der Waals surface area contributed by atoms with Crippen molar-refractivity contribution in [3.63, 3.8) is 0 Å². The van der Waals surface area contributed by atoms with Gasteiger partial charge in [-0.2, -0.15) is 3.89 Å². The molecule has 0 fully saturated rings. The third-order valence-electron chi connectivity index (χ3n) is 3.26. The van der Waals surface area contributed by atoms with Crippen molar-refractivity contribution in [2.75, 3.05) is 44.3 Å². The highest BCUT2D eigenvalue weighted by Gasteiger charge is 2.15. The lowest BCUT2D eigenvalue weighted by atomic mass is 10.2. The summed E-state index contributed by atoms with van der Waals surface area (Å²) in [6, 6.07) is 4.88. The number of nitrogen functional groups attached to an aromatic ring is 1. The first-order chi connectivity index (χ1) is 11.1. The third kappa shape index (κ3) is 7.09. The lowest BCUT2D eigenvalue weighted by Crippen LogP contribution is -2.30. The maximum atomic E-state index is 12.2. The minimum atomic E-state index is -0.438. The van der Waals surface area contributed by atoms with Crippen LogP contribution in [0.5, 0.6) is 5.75 Å². The third-order valence-corrected chi connectivity index (χ3v) is 3.60. The van der Waals surface area contributed by atoms with Crippen LogP contribution in [0, 0.1) is 0 Å². The van der Waals surface area contributed by atoms with Crippen LogP contribution in [0.1, 0.15) is 30.6 Å². The summed E-state index contributed by atoms with van der Waals surface area (Å²) < 4.78 is 23.0. The number of nitrogens with two attached hydrogens (primary N) is 1. The Hall–Kier alpha value is -1.47. The van der Waals surface area contributed by atoms with Crippen molar-refractivity contribution in [2.45, 2.75) is 20.3 Å². The number of likely N-dealkylation sites (N-methyl/N-ethyl adjacent to an activating group) is 1. The van der Waals surface area contributed by atoms with Crippen molar-refractivity contribution in [1.29, 1.82) is 0 Å². The van der Waals surface area contributed by atoms with Crippen molar-refractivity contribution in [2.24, 2.45) is 0 Å². The predicted molar refractivity (Wildman–Crippen MR) is 92.6 cm³/mol. The first-order valence-corrected chi connectivity index (χ1v) is 8.66. The number of halogens is 1. The molecule has 0 bridgehead atoms. The smallest absolute Gasteiger partial charge is 0.341 e.